The first kappa shape index (κ1) is 63.9. The van der Waals surface area contributed by atoms with Gasteiger partial charge in [-0.3, -0.25) is 0 Å². The molecule has 0 spiro atoms. The predicted octanol–water partition coefficient (Wildman–Crippen LogP) is 15.0. The lowest BCUT2D eigenvalue weighted by Crippen LogP contribution is -2.87. The van der Waals surface area contributed by atoms with Gasteiger partial charge in [0.15, 0.2) is 80.8 Å². The van der Waals surface area contributed by atoms with E-state index in [2.05, 4.69) is 8.75 Å². The standard InChI is InChI=1S/C65H44B2F20N4S2/c1-3-5-7-9-11-13-21-65(22-14-12-10-8-6-4-2)33-23-31-27-17-15-19-37-63(27)90(92-88-37)66(39-43(68)51(76)59(84)52(77)44(39)69,40-45(70)53(78)60(85)54(79)46(40)71)35(31)25-29(33)30-26-36-32(24-34(30)65)28-18-16-20-38-64(28)91(93-89-38)67(36,41-47(72)55(80)61(86)56(81)48(41)73)42-49(74)57(82)62(87)58(83)50(42)75/h15-20,23-26H,3-14,21-22H2,1-2H3. The third-order valence-corrected chi connectivity index (χ3v) is 21.3. The molecule has 0 saturated heterocycles. The SMILES string of the molecule is CCCCCCCCC1(CCCCCCCC)c2cc3c(cc2-c2cc4c(cc21)-c1cccc2ns[n+](c12)[B-]4(c1c(F)c(F)c(F)c(F)c1F)c1c(F)c(F)c(F)c(F)c1F)[B-](c1c(F)c(F)c(F)c(F)c1F)(c1c(F)c(F)c(F)c(F)c1F)[n+]1snc2cccc-3c21. The molecule has 4 nitrogen and oxygen atoms in total. The number of nitrogens with zero attached hydrogens (tertiary/aromatic N) is 4. The Morgan fingerprint density at radius 3 is 0.882 bits per heavy atom. The van der Waals surface area contributed by atoms with E-state index >= 15 is 87.8 Å². The average Bonchev–Trinajstić information content (AvgIpc) is 1.59. The van der Waals surface area contributed by atoms with Crippen LogP contribution in [0.25, 0.3) is 55.4 Å². The van der Waals surface area contributed by atoms with Crippen LogP contribution >= 0.6 is 23.5 Å². The molecular formula is C65H44B2F20N4S2. The molecule has 28 heteroatoms. The summed E-state index contributed by atoms with van der Waals surface area (Å²) in [6, 6.07) is 12.5. The fraction of sp³-hybridized carbons (Fsp3) is 0.262. The topological polar surface area (TPSA) is 33.5 Å². The molecule has 93 heavy (non-hydrogen) atoms. The third kappa shape index (κ3) is 8.65. The Balaban J connectivity index is 1.27. The Bertz CT molecular complexity index is 4310. The van der Waals surface area contributed by atoms with Crippen LogP contribution in [0.5, 0.6) is 0 Å². The molecule has 0 N–H and O–H groups in total. The number of halogens is 20. The van der Waals surface area contributed by atoms with Gasteiger partial charge in [0.25, 0.3) is 12.6 Å². The lowest BCUT2D eigenvalue weighted by atomic mass is 9.22. The van der Waals surface area contributed by atoms with Crippen molar-refractivity contribution in [3.63, 3.8) is 0 Å². The molecule has 8 aromatic carbocycles. The maximum Gasteiger partial charge on any atom is 0.297 e. The van der Waals surface area contributed by atoms with Crippen molar-refractivity contribution in [3.05, 3.63) is 188 Å². The molecule has 10 aromatic rings. The van der Waals surface area contributed by atoms with Crippen LogP contribution in [0.3, 0.4) is 0 Å². The summed E-state index contributed by atoms with van der Waals surface area (Å²) in [5.41, 5.74) is -14.5. The van der Waals surface area contributed by atoms with Crippen molar-refractivity contribution in [2.24, 2.45) is 0 Å². The molecule has 482 valence electrons. The monoisotopic (exact) mass is 1350 g/mol. The molecule has 0 radical (unpaired) electrons. The zero-order chi connectivity index (χ0) is 66.4. The summed E-state index contributed by atoms with van der Waals surface area (Å²) in [4.78, 5) is 0. The number of rotatable bonds is 18. The van der Waals surface area contributed by atoms with Gasteiger partial charge in [0.05, 0.1) is 0 Å². The van der Waals surface area contributed by atoms with E-state index in [1.807, 2.05) is 13.8 Å². The molecule has 3 aliphatic rings. The Labute approximate surface area is 523 Å². The average molecular weight is 1350 g/mol. The summed E-state index contributed by atoms with van der Waals surface area (Å²) < 4.78 is 342. The van der Waals surface area contributed by atoms with E-state index in [9.17, 15) is 0 Å². The lowest BCUT2D eigenvalue weighted by Gasteiger charge is -2.44. The zero-order valence-electron chi connectivity index (χ0n) is 48.5. The molecule has 2 aromatic heterocycles. The van der Waals surface area contributed by atoms with Crippen molar-refractivity contribution in [2.45, 2.75) is 109 Å². The summed E-state index contributed by atoms with van der Waals surface area (Å²) in [6.07, 6.45) is -2.45. The third-order valence-electron chi connectivity index (χ3n) is 19.4. The van der Waals surface area contributed by atoms with Gasteiger partial charge >= 0.3 is 0 Å². The van der Waals surface area contributed by atoms with Crippen molar-refractivity contribution in [1.82, 2.24) is 8.75 Å². The number of hydrogen-bond donors (Lipinski definition) is 0. The van der Waals surface area contributed by atoms with Crippen molar-refractivity contribution in [3.8, 4) is 33.4 Å². The van der Waals surface area contributed by atoms with Crippen LogP contribution in [0.4, 0.5) is 87.8 Å². The van der Waals surface area contributed by atoms with E-state index in [1.165, 1.54) is 48.5 Å². The minimum atomic E-state index is -5.20. The molecule has 0 saturated carbocycles. The van der Waals surface area contributed by atoms with Crippen molar-refractivity contribution in [2.75, 3.05) is 0 Å². The van der Waals surface area contributed by atoms with Crippen LogP contribution in [0.15, 0.2) is 60.7 Å². The number of aromatic nitrogens is 4. The summed E-state index contributed by atoms with van der Waals surface area (Å²) in [5, 5.41) is 0. The quantitative estimate of drug-likeness (QED) is 0.0282. The van der Waals surface area contributed by atoms with Gasteiger partial charge in [0.2, 0.25) is 34.5 Å². The van der Waals surface area contributed by atoms with E-state index in [-0.39, 0.29) is 103 Å². The highest BCUT2D eigenvalue weighted by Crippen LogP contribution is 2.57. The highest BCUT2D eigenvalue weighted by atomic mass is 32.1. The number of hydrogen-bond acceptors (Lipinski definition) is 4. The first-order chi connectivity index (χ1) is 44.4. The Kier molecular flexibility index (Phi) is 16.0. The zero-order valence-corrected chi connectivity index (χ0v) is 50.1. The van der Waals surface area contributed by atoms with E-state index < -0.39 is 167 Å². The largest absolute Gasteiger partial charge is 0.352 e. The molecule has 1 aliphatic carbocycles. The number of unbranched alkanes of at least 4 members (excludes halogenated alkanes) is 10. The van der Waals surface area contributed by atoms with Gasteiger partial charge in [-0.05, 0) is 58.4 Å². The van der Waals surface area contributed by atoms with Gasteiger partial charge < -0.3 is 7.74 Å². The second kappa shape index (κ2) is 23.3. The smallest absolute Gasteiger partial charge is 0.297 e. The number of fused-ring (bicyclic) bond motifs is 7. The van der Waals surface area contributed by atoms with Crippen molar-refractivity contribution in [1.29, 1.82) is 0 Å². The van der Waals surface area contributed by atoms with E-state index in [0.29, 0.717) is 46.3 Å². The number of para-hydroxylation sites is 2. The molecule has 0 unspecified atom stereocenters. The summed E-state index contributed by atoms with van der Waals surface area (Å²) in [5.74, 6) is -55.9. The van der Waals surface area contributed by atoms with Gasteiger partial charge in [-0.15, -0.1) is 10.9 Å². The fourth-order valence-corrected chi connectivity index (χ4v) is 17.5. The minimum Gasteiger partial charge on any atom is -0.352 e. The van der Waals surface area contributed by atoms with Gasteiger partial charge in [0, 0.05) is 25.3 Å². The normalized spacial score (nSPS) is 14.6. The maximum absolute atomic E-state index is 17.5. The summed E-state index contributed by atoms with van der Waals surface area (Å²) >= 11 is 0.114. The van der Waals surface area contributed by atoms with Crippen LogP contribution in [0, 0.1) is 116 Å². The molecule has 0 atom stereocenters. The Hall–Kier alpha value is -7.87. The van der Waals surface area contributed by atoms with Crippen LogP contribution in [0.2, 0.25) is 0 Å². The molecule has 0 amide bonds. The van der Waals surface area contributed by atoms with Crippen LogP contribution in [-0.2, 0) is 5.41 Å². The Morgan fingerprint density at radius 1 is 0.323 bits per heavy atom. The first-order valence-electron chi connectivity index (χ1n) is 29.8. The van der Waals surface area contributed by atoms with E-state index in [0.717, 1.165) is 50.7 Å². The van der Waals surface area contributed by atoms with E-state index in [1.54, 1.807) is 0 Å². The second-order valence-electron chi connectivity index (χ2n) is 24.0. The first-order valence-corrected chi connectivity index (χ1v) is 31.3. The highest BCUT2D eigenvalue weighted by Gasteiger charge is 2.59. The summed E-state index contributed by atoms with van der Waals surface area (Å²) in [6.45, 7) is 3.96. The van der Waals surface area contributed by atoms with Crippen LogP contribution in [-0.4, -0.2) is 21.3 Å². The van der Waals surface area contributed by atoms with Crippen molar-refractivity contribution >= 4 is 90.9 Å². The minimum absolute atomic E-state index is 0.0569. The molecular weight excluding hydrogens is 1300 g/mol. The van der Waals surface area contributed by atoms with Gasteiger partial charge in [-0.2, -0.15) is 0 Å². The Morgan fingerprint density at radius 2 is 0.591 bits per heavy atom. The van der Waals surface area contributed by atoms with Gasteiger partial charge in [-0.25, -0.2) is 87.8 Å². The second-order valence-corrected chi connectivity index (χ2v) is 25.5. The highest BCUT2D eigenvalue weighted by molar-refractivity contribution is 7.13. The fourth-order valence-electron chi connectivity index (χ4n) is 15.3. The lowest BCUT2D eigenvalue weighted by molar-refractivity contribution is -0.430. The van der Waals surface area contributed by atoms with E-state index in [4.69, 9.17) is 0 Å². The molecule has 0 fully saturated rings. The molecule has 0 bridgehead atoms. The van der Waals surface area contributed by atoms with Crippen LogP contribution in [0.1, 0.15) is 115 Å². The molecule has 13 rings (SSSR count). The number of benzene rings is 8. The molecule has 2 aliphatic heterocycles. The molecule has 4 heterocycles. The van der Waals surface area contributed by atoms with Crippen LogP contribution < -0.4 is 40.5 Å². The van der Waals surface area contributed by atoms with Gasteiger partial charge in [-0.1, -0.05) is 161 Å². The van der Waals surface area contributed by atoms with Gasteiger partial charge in [0.1, 0.15) is 46.5 Å². The van der Waals surface area contributed by atoms with Crippen molar-refractivity contribution < 1.29 is 95.5 Å². The summed E-state index contributed by atoms with van der Waals surface area (Å²) in [7, 11) is 0. The maximum atomic E-state index is 17.5. The predicted molar refractivity (Wildman–Crippen MR) is 311 cm³/mol.